The Morgan fingerprint density at radius 3 is 0.620 bits per heavy atom. The van der Waals surface area contributed by atoms with Crippen LogP contribution >= 0.6 is 0 Å². The molecule has 0 N–H and O–H groups in total. The molecule has 664 valence electrons. The fourth-order valence-electron chi connectivity index (χ4n) is 16.5. The number of halogens is 7. The van der Waals surface area contributed by atoms with Crippen molar-refractivity contribution in [3.05, 3.63) is 0 Å². The van der Waals surface area contributed by atoms with E-state index >= 15 is 8.78 Å². The summed E-state index contributed by atoms with van der Waals surface area (Å²) in [5, 5.41) is 0. The molecule has 0 amide bonds. The monoisotopic (exact) mass is 1560 g/mol. The molecule has 0 saturated heterocycles. The summed E-state index contributed by atoms with van der Waals surface area (Å²) in [5.74, 6) is 4.20. The summed E-state index contributed by atoms with van der Waals surface area (Å²) in [6, 6.07) is 0. The van der Waals surface area contributed by atoms with Crippen LogP contribution in [0, 0.1) is 115 Å². The van der Waals surface area contributed by atoms with E-state index in [4.69, 9.17) is 0 Å². The van der Waals surface area contributed by atoms with Gasteiger partial charge in [-0.15, -0.1) is 0 Å². The van der Waals surface area contributed by atoms with Crippen LogP contribution in [0.3, 0.4) is 0 Å². The van der Waals surface area contributed by atoms with Crippen LogP contribution in [-0.2, 0) is 0 Å². The lowest BCUT2D eigenvalue weighted by Gasteiger charge is -2.51. The van der Waals surface area contributed by atoms with Crippen molar-refractivity contribution in [3.8, 4) is 0 Å². The number of hydrogen-bond acceptors (Lipinski definition) is 0. The third kappa shape index (κ3) is 56.0. The van der Waals surface area contributed by atoms with Crippen molar-refractivity contribution in [2.75, 3.05) is 0 Å². The Kier molecular flexibility index (Phi) is 63.0. The highest BCUT2D eigenvalue weighted by Crippen LogP contribution is 2.54. The average Bonchev–Trinajstić information content (AvgIpc) is 0.820. The molecule has 3 aliphatic carbocycles. The molecule has 3 rings (SSSR count). The normalized spacial score (nSPS) is 17.4. The first-order valence-electron chi connectivity index (χ1n) is 45.7. The highest BCUT2D eigenvalue weighted by atomic mass is 19.2. The molecule has 0 aromatic rings. The predicted octanol–water partition coefficient (Wildman–Crippen LogP) is 38.1. The summed E-state index contributed by atoms with van der Waals surface area (Å²) in [5.41, 5.74) is -4.58. The largest absolute Gasteiger partial charge is 0.244 e. The van der Waals surface area contributed by atoms with Crippen molar-refractivity contribution in [1.29, 1.82) is 0 Å². The van der Waals surface area contributed by atoms with Crippen LogP contribution in [0.2, 0.25) is 0 Å². The Balaban J connectivity index is -0.000000173. The van der Waals surface area contributed by atoms with E-state index in [0.717, 1.165) is 134 Å². The van der Waals surface area contributed by atoms with Crippen molar-refractivity contribution >= 4 is 0 Å². The summed E-state index contributed by atoms with van der Waals surface area (Å²) in [4.78, 5) is 0. The Bertz CT molecular complexity index is 1910. The molecule has 0 spiro atoms. The van der Waals surface area contributed by atoms with Crippen LogP contribution in [0.25, 0.3) is 0 Å². The fourth-order valence-corrected chi connectivity index (χ4v) is 16.5. The topological polar surface area (TPSA) is 0 Å². The summed E-state index contributed by atoms with van der Waals surface area (Å²) in [6.07, 6.45) is 23.7. The van der Waals surface area contributed by atoms with Gasteiger partial charge in [-0.25, -0.2) is 30.7 Å². The van der Waals surface area contributed by atoms with E-state index < -0.39 is 39.7 Å². The van der Waals surface area contributed by atoms with Crippen LogP contribution in [-0.4, -0.2) is 39.7 Å². The molecule has 0 bridgehead atoms. The van der Waals surface area contributed by atoms with Crippen molar-refractivity contribution in [3.63, 3.8) is 0 Å². The van der Waals surface area contributed by atoms with Crippen molar-refractivity contribution in [2.45, 2.75) is 540 Å². The molecule has 3 saturated carbocycles. The molecule has 0 nitrogen and oxygen atoms in total. The first-order chi connectivity index (χ1) is 47.9. The third-order valence-corrected chi connectivity index (χ3v) is 26.3. The van der Waals surface area contributed by atoms with Crippen LogP contribution in [0.5, 0.6) is 0 Å². The van der Waals surface area contributed by atoms with E-state index in [-0.39, 0.29) is 46.3 Å². The Morgan fingerprint density at radius 1 is 0.287 bits per heavy atom. The van der Waals surface area contributed by atoms with Gasteiger partial charge in [-0.2, -0.15) is 0 Å². The molecular weight excluding hydrogens is 1350 g/mol. The molecule has 0 radical (unpaired) electrons. The predicted molar refractivity (Wildman–Crippen MR) is 484 cm³/mol. The smallest absolute Gasteiger partial charge is 0.118 e. The summed E-state index contributed by atoms with van der Waals surface area (Å²) < 4.78 is 98.1. The second-order valence-corrected chi connectivity index (χ2v) is 45.1. The molecule has 1 atom stereocenters. The van der Waals surface area contributed by atoms with Crippen molar-refractivity contribution in [1.82, 2.24) is 0 Å². The molecule has 0 aromatic carbocycles. The maximum absolute atomic E-state index is 15.4. The van der Waals surface area contributed by atoms with Gasteiger partial charge in [0.2, 0.25) is 0 Å². The van der Waals surface area contributed by atoms with Crippen LogP contribution in [0.15, 0.2) is 0 Å². The Labute approximate surface area is 681 Å². The molecule has 3 aliphatic rings. The second-order valence-electron chi connectivity index (χ2n) is 45.1. The van der Waals surface area contributed by atoms with Gasteiger partial charge in [-0.05, 0) is 236 Å². The zero-order valence-corrected chi connectivity index (χ0v) is 84.1. The van der Waals surface area contributed by atoms with E-state index in [9.17, 15) is 22.0 Å². The van der Waals surface area contributed by atoms with E-state index in [1.807, 2.05) is 27.7 Å². The second kappa shape index (κ2) is 55.2. The molecule has 108 heavy (non-hydrogen) atoms. The maximum Gasteiger partial charge on any atom is 0.118 e. The zero-order valence-electron chi connectivity index (χ0n) is 84.1. The number of rotatable bonds is 23. The van der Waals surface area contributed by atoms with E-state index in [2.05, 4.69) is 284 Å². The van der Waals surface area contributed by atoms with Gasteiger partial charge in [0.05, 0.1) is 0 Å². The van der Waals surface area contributed by atoms with E-state index in [0.29, 0.717) is 62.6 Å². The van der Waals surface area contributed by atoms with Crippen LogP contribution < -0.4 is 0 Å². The van der Waals surface area contributed by atoms with Crippen molar-refractivity contribution in [2.24, 2.45) is 115 Å². The summed E-state index contributed by atoms with van der Waals surface area (Å²) >= 11 is 0. The van der Waals surface area contributed by atoms with Gasteiger partial charge in [-0.3, -0.25) is 0 Å². The zero-order chi connectivity index (χ0) is 88.5. The van der Waals surface area contributed by atoms with Crippen LogP contribution in [0.4, 0.5) is 30.7 Å². The molecule has 3 fully saturated rings. The first-order valence-corrected chi connectivity index (χ1v) is 45.7. The van der Waals surface area contributed by atoms with Crippen molar-refractivity contribution < 1.29 is 30.7 Å². The van der Waals surface area contributed by atoms with Gasteiger partial charge in [0.1, 0.15) is 39.7 Å². The molecule has 0 unspecified atom stereocenters. The maximum atomic E-state index is 15.4. The fraction of sp³-hybridized carbons (Fsp3) is 1.00. The van der Waals surface area contributed by atoms with Crippen LogP contribution in [0.1, 0.15) is 500 Å². The molecular formula is C101H211F7. The number of alkyl halides is 7. The minimum absolute atomic E-state index is 0.0994. The molecule has 0 heterocycles. The Hall–Kier alpha value is -0.490. The van der Waals surface area contributed by atoms with E-state index in [1.54, 1.807) is 34.6 Å². The highest BCUT2D eigenvalue weighted by molar-refractivity contribution is 5.03. The third-order valence-electron chi connectivity index (χ3n) is 26.3. The van der Waals surface area contributed by atoms with Gasteiger partial charge in [0.25, 0.3) is 0 Å². The molecule has 0 aliphatic heterocycles. The van der Waals surface area contributed by atoms with Gasteiger partial charge >= 0.3 is 0 Å². The quantitative estimate of drug-likeness (QED) is 0.0895. The molecule has 0 aromatic heterocycles. The standard InChI is InChI=1S/C16H33F.C14H29F.2C12H25F.C9H17F.C7H13F.2C7H16.C6H11F.C6H14.C5H12/c1-10(2)14(11(3)4)16(9,17)15(12(5)6)13(7)8;1-8-12(5,9-2)14(7,15)13(6,10-3)11-4;1-8(2)11(9(3)4)12(7,13)10(5)6;1-6-10(7-2)12(5,13)11(8-3)9-4;1-8(2)4-6-9(3,10)7-5-8;1-7(8)5-3-2-4-6-7;1-6(2)7(3,4)5;1-5-6-7(2,3)4;1-6(7)4-2-3-5-6;1-5-6(2,3)4;1-5(2,3)4/h10-15H,1-9H3;8-11H2,1-7H3;8-11H,1-7H3;10-11H,6-9H2,1-5H3;4-7H2,1-3H3;2-6H2,1H3;6H,1-5H3;5-6H2,1-4H3;2-5H2,1H3;5H2,1-4H3;1-4H3/t;;12-;;;;;;;;/m..0......../s1. The number of hydrogen-bond donors (Lipinski definition) is 0. The SMILES string of the molecule is CC(C)(C)C.CC(C)C(C(C)C)C(C)(F)C(C(C)C)C(C)C.CC(C)C(C(C)C)[C@@](C)(F)C(C)C.CC(C)C(C)(C)C.CC1(C)CCC(C)(F)CC1.CC1(F)CCCC1.CC1(F)CCCCC1.CCC(C)(C)C.CCC(C)(CC)C(C)(F)C(C)(CC)CC.CCC(CC)C(C)(F)C(CC)CC.CCCC(C)(C)C. The summed E-state index contributed by atoms with van der Waals surface area (Å²) in [6.45, 7) is 105. The van der Waals surface area contributed by atoms with Gasteiger partial charge in [0.15, 0.2) is 0 Å². The van der Waals surface area contributed by atoms with E-state index in [1.165, 1.54) is 25.7 Å². The minimum Gasteiger partial charge on any atom is -0.244 e. The first kappa shape index (κ1) is 123. The molecule has 7 heteroatoms. The lowest BCUT2D eigenvalue weighted by molar-refractivity contribution is -0.0946. The Morgan fingerprint density at radius 2 is 0.500 bits per heavy atom. The minimum atomic E-state index is -1.09. The van der Waals surface area contributed by atoms with Gasteiger partial charge < -0.3 is 0 Å². The van der Waals surface area contributed by atoms with Gasteiger partial charge in [-0.1, -0.05) is 368 Å². The average molecular weight is 1560 g/mol. The lowest BCUT2D eigenvalue weighted by Crippen LogP contribution is -2.51. The lowest BCUT2D eigenvalue weighted by atomic mass is 9.57. The van der Waals surface area contributed by atoms with Gasteiger partial charge in [0, 0.05) is 10.8 Å². The summed E-state index contributed by atoms with van der Waals surface area (Å²) in [7, 11) is 0. The highest BCUT2D eigenvalue weighted by Gasteiger charge is 2.53.